The Balaban J connectivity index is 2.37. The fourth-order valence-corrected chi connectivity index (χ4v) is 3.64. The molecule has 1 unspecified atom stereocenters. The Morgan fingerprint density at radius 3 is 2.65 bits per heavy atom. The van der Waals surface area contributed by atoms with Crippen molar-refractivity contribution in [1.82, 2.24) is 4.90 Å². The Morgan fingerprint density at radius 2 is 2.09 bits per heavy atom. The maximum absolute atomic E-state index is 13.0. The van der Waals surface area contributed by atoms with Crippen LogP contribution in [0.4, 0.5) is 10.5 Å². The van der Waals surface area contributed by atoms with Crippen LogP contribution in [0.1, 0.15) is 41.0 Å². The van der Waals surface area contributed by atoms with E-state index in [1.807, 2.05) is 45.0 Å². The number of thioether (sulfide) groups is 1. The first-order chi connectivity index (χ1) is 10.7. The van der Waals surface area contributed by atoms with Crippen LogP contribution in [-0.4, -0.2) is 33.6 Å². The standard InChI is InChI=1S/C17H24ClN3OS/c1-6-12(2)21-15(19-17(3,4)5)23-11-20(16(21)22)14-9-7-8-13(18)10-14/h7-10,12H,6,11H2,1-5H3. The lowest BCUT2D eigenvalue weighted by Crippen LogP contribution is -2.54. The molecule has 0 N–H and O–H groups in total. The lowest BCUT2D eigenvalue weighted by atomic mass is 10.1. The number of carbonyl (C=O) groups excluding carboxylic acids is 1. The molecule has 1 saturated heterocycles. The highest BCUT2D eigenvalue weighted by molar-refractivity contribution is 8.14. The molecule has 1 heterocycles. The number of anilines is 1. The third kappa shape index (κ3) is 4.42. The van der Waals surface area contributed by atoms with Gasteiger partial charge in [0.1, 0.15) is 0 Å². The van der Waals surface area contributed by atoms with E-state index in [4.69, 9.17) is 16.6 Å². The number of rotatable bonds is 3. The monoisotopic (exact) mass is 353 g/mol. The van der Waals surface area contributed by atoms with Crippen molar-refractivity contribution in [2.45, 2.75) is 52.6 Å². The van der Waals surface area contributed by atoms with E-state index in [2.05, 4.69) is 13.8 Å². The Labute approximate surface area is 147 Å². The van der Waals surface area contributed by atoms with Crippen molar-refractivity contribution in [3.05, 3.63) is 29.3 Å². The molecule has 4 nitrogen and oxygen atoms in total. The zero-order valence-electron chi connectivity index (χ0n) is 14.3. The number of hydrogen-bond acceptors (Lipinski definition) is 3. The summed E-state index contributed by atoms with van der Waals surface area (Å²) in [6.45, 7) is 10.3. The zero-order valence-corrected chi connectivity index (χ0v) is 15.9. The molecule has 0 spiro atoms. The van der Waals surface area contributed by atoms with Crippen LogP contribution in [0.25, 0.3) is 0 Å². The molecule has 0 bridgehead atoms. The molecule has 1 fully saturated rings. The molecule has 23 heavy (non-hydrogen) atoms. The van der Waals surface area contributed by atoms with Crippen LogP contribution in [0.15, 0.2) is 29.3 Å². The van der Waals surface area contributed by atoms with E-state index >= 15 is 0 Å². The molecule has 126 valence electrons. The van der Waals surface area contributed by atoms with Crippen molar-refractivity contribution >= 4 is 40.2 Å². The van der Waals surface area contributed by atoms with Gasteiger partial charge in [-0.1, -0.05) is 36.4 Å². The first-order valence-electron chi connectivity index (χ1n) is 7.82. The van der Waals surface area contributed by atoms with Gasteiger partial charge in [-0.25, -0.2) is 4.79 Å². The second-order valence-electron chi connectivity index (χ2n) is 6.66. The lowest BCUT2D eigenvalue weighted by molar-refractivity contribution is 0.217. The number of halogens is 1. The Kier molecular flexibility index (Phi) is 5.63. The van der Waals surface area contributed by atoms with Crippen LogP contribution in [0.2, 0.25) is 5.02 Å². The molecule has 0 aliphatic carbocycles. The number of carbonyl (C=O) groups is 1. The van der Waals surface area contributed by atoms with Gasteiger partial charge in [0, 0.05) is 16.8 Å². The van der Waals surface area contributed by atoms with Crippen LogP contribution in [0.5, 0.6) is 0 Å². The summed E-state index contributed by atoms with van der Waals surface area (Å²) in [5.41, 5.74) is 0.602. The van der Waals surface area contributed by atoms with Crippen molar-refractivity contribution in [2.75, 3.05) is 10.8 Å². The van der Waals surface area contributed by atoms with E-state index in [0.717, 1.165) is 17.3 Å². The molecule has 6 heteroatoms. The van der Waals surface area contributed by atoms with Crippen molar-refractivity contribution in [2.24, 2.45) is 4.99 Å². The van der Waals surface area contributed by atoms with E-state index in [0.29, 0.717) is 10.9 Å². The van der Waals surface area contributed by atoms with Crippen molar-refractivity contribution < 1.29 is 4.79 Å². The molecule has 1 aliphatic rings. The minimum absolute atomic E-state index is 0.0385. The van der Waals surface area contributed by atoms with Gasteiger partial charge in [-0.15, -0.1) is 0 Å². The minimum Gasteiger partial charge on any atom is -0.284 e. The summed E-state index contributed by atoms with van der Waals surface area (Å²) >= 11 is 7.66. The lowest BCUT2D eigenvalue weighted by Gasteiger charge is -2.39. The van der Waals surface area contributed by atoms with Gasteiger partial charge >= 0.3 is 6.03 Å². The third-order valence-corrected chi connectivity index (χ3v) is 4.72. The molecule has 2 amide bonds. The summed E-state index contributed by atoms with van der Waals surface area (Å²) in [6, 6.07) is 7.46. The Morgan fingerprint density at radius 1 is 1.39 bits per heavy atom. The summed E-state index contributed by atoms with van der Waals surface area (Å²) in [5, 5.41) is 1.43. The molecule has 1 aliphatic heterocycles. The summed E-state index contributed by atoms with van der Waals surface area (Å²) in [7, 11) is 0. The van der Waals surface area contributed by atoms with Crippen LogP contribution in [0, 0.1) is 0 Å². The summed E-state index contributed by atoms with van der Waals surface area (Å²) in [4.78, 5) is 21.4. The fourth-order valence-electron chi connectivity index (χ4n) is 2.22. The summed E-state index contributed by atoms with van der Waals surface area (Å²) in [6.07, 6.45) is 0.874. The van der Waals surface area contributed by atoms with E-state index in [9.17, 15) is 4.79 Å². The predicted octanol–water partition coefficient (Wildman–Crippen LogP) is 5.23. The zero-order chi connectivity index (χ0) is 17.2. The molecule has 0 saturated carbocycles. The predicted molar refractivity (Wildman–Crippen MR) is 101 cm³/mol. The molecule has 1 aromatic carbocycles. The summed E-state index contributed by atoms with van der Waals surface area (Å²) in [5.74, 6) is 0.543. The Bertz CT molecular complexity index is 612. The van der Waals surface area contributed by atoms with Crippen molar-refractivity contribution in [3.63, 3.8) is 0 Å². The van der Waals surface area contributed by atoms with Gasteiger partial charge in [0.25, 0.3) is 0 Å². The quantitative estimate of drug-likeness (QED) is 0.746. The van der Waals surface area contributed by atoms with Crippen LogP contribution < -0.4 is 4.90 Å². The maximum Gasteiger partial charge on any atom is 0.331 e. The number of amidine groups is 1. The van der Waals surface area contributed by atoms with Gasteiger partial charge in [0.2, 0.25) is 0 Å². The number of amides is 2. The van der Waals surface area contributed by atoms with Gasteiger partial charge in [0.15, 0.2) is 5.17 Å². The molecule has 0 radical (unpaired) electrons. The third-order valence-electron chi connectivity index (χ3n) is 3.55. The molecule has 2 rings (SSSR count). The van der Waals surface area contributed by atoms with Crippen LogP contribution in [0.3, 0.4) is 0 Å². The van der Waals surface area contributed by atoms with Crippen LogP contribution >= 0.6 is 23.4 Å². The van der Waals surface area contributed by atoms with E-state index in [1.165, 1.54) is 0 Å². The topological polar surface area (TPSA) is 35.9 Å². The van der Waals surface area contributed by atoms with Crippen LogP contribution in [-0.2, 0) is 0 Å². The number of nitrogens with zero attached hydrogens (tertiary/aromatic N) is 3. The second-order valence-corrected chi connectivity index (χ2v) is 8.00. The molecule has 0 aromatic heterocycles. The molecule has 1 aromatic rings. The van der Waals surface area contributed by atoms with Gasteiger partial charge in [0.05, 0.1) is 11.4 Å². The fraction of sp³-hybridized carbons (Fsp3) is 0.529. The van der Waals surface area contributed by atoms with Gasteiger partial charge < -0.3 is 0 Å². The average molecular weight is 354 g/mol. The Hall–Kier alpha value is -1.20. The second kappa shape index (κ2) is 7.14. The SMILES string of the molecule is CCC(C)N1C(=O)N(c2cccc(Cl)c2)CSC1=NC(C)(C)C. The van der Waals surface area contributed by atoms with Gasteiger partial charge in [-0.3, -0.25) is 14.8 Å². The average Bonchev–Trinajstić information content (AvgIpc) is 2.45. The maximum atomic E-state index is 13.0. The molecular formula is C17H24ClN3OS. The highest BCUT2D eigenvalue weighted by Gasteiger charge is 2.35. The van der Waals surface area contributed by atoms with Gasteiger partial charge in [-0.2, -0.15) is 0 Å². The van der Waals surface area contributed by atoms with E-state index in [-0.39, 0.29) is 17.6 Å². The highest BCUT2D eigenvalue weighted by atomic mass is 35.5. The van der Waals surface area contributed by atoms with Crippen molar-refractivity contribution in [1.29, 1.82) is 0 Å². The molecular weight excluding hydrogens is 330 g/mol. The smallest absolute Gasteiger partial charge is 0.284 e. The molecule has 1 atom stereocenters. The largest absolute Gasteiger partial charge is 0.331 e. The van der Waals surface area contributed by atoms with E-state index in [1.54, 1.807) is 21.6 Å². The first-order valence-corrected chi connectivity index (χ1v) is 9.18. The number of hydrogen-bond donors (Lipinski definition) is 0. The van der Waals surface area contributed by atoms with Crippen molar-refractivity contribution in [3.8, 4) is 0 Å². The highest BCUT2D eigenvalue weighted by Crippen LogP contribution is 2.30. The summed E-state index contributed by atoms with van der Waals surface area (Å²) < 4.78 is 0. The minimum atomic E-state index is -0.216. The first kappa shape index (κ1) is 18.1. The number of urea groups is 1. The van der Waals surface area contributed by atoms with Gasteiger partial charge in [-0.05, 0) is 52.3 Å². The van der Waals surface area contributed by atoms with E-state index < -0.39 is 0 Å². The normalized spacial score (nSPS) is 19.4. The number of benzene rings is 1. The number of aliphatic imine (C=N–C) groups is 1.